The Morgan fingerprint density at radius 2 is 1.88 bits per heavy atom. The van der Waals surface area contributed by atoms with Gasteiger partial charge in [0, 0.05) is 10.9 Å². The third-order valence-electron chi connectivity index (χ3n) is 2.14. The lowest BCUT2D eigenvalue weighted by Gasteiger charge is -2.20. The summed E-state index contributed by atoms with van der Waals surface area (Å²) in [5, 5.41) is 0.973. The van der Waals surface area contributed by atoms with Gasteiger partial charge in [0.15, 0.2) is 5.75 Å². The molecule has 0 unspecified atom stereocenters. The molecule has 3 heteroatoms. The number of fused-ring (bicyclic) bond motifs is 1. The fourth-order valence-corrected chi connectivity index (χ4v) is 1.53. The predicted molar refractivity (Wildman–Crippen MR) is 64.9 cm³/mol. The highest BCUT2D eigenvalue weighted by Crippen LogP contribution is 2.18. The van der Waals surface area contributed by atoms with E-state index in [0.717, 1.165) is 10.9 Å². The maximum atomic E-state index is 11.7. The van der Waals surface area contributed by atoms with Crippen LogP contribution in [0, 0.1) is 0 Å². The second-order valence-corrected chi connectivity index (χ2v) is 4.76. The quantitative estimate of drug-likeness (QED) is 0.798. The molecule has 2 aromatic rings. The Bertz CT molecular complexity index is 564. The topological polar surface area (TPSA) is 42.1 Å². The average Bonchev–Trinajstić information content (AvgIpc) is 2.17. The largest absolute Gasteiger partial charge is 0.482 e. The van der Waals surface area contributed by atoms with E-state index in [0.29, 0.717) is 5.75 Å². The minimum absolute atomic E-state index is 0.186. The molecule has 0 saturated carbocycles. The van der Waals surface area contributed by atoms with Gasteiger partial charge >= 0.3 is 0 Å². The van der Waals surface area contributed by atoms with Crippen LogP contribution < -0.4 is 10.3 Å². The van der Waals surface area contributed by atoms with E-state index in [1.165, 1.54) is 0 Å². The first-order chi connectivity index (χ1) is 7.46. The summed E-state index contributed by atoms with van der Waals surface area (Å²) in [5.41, 5.74) is 0.275. The van der Waals surface area contributed by atoms with Crippen LogP contribution in [0.15, 0.2) is 35.1 Å². The Morgan fingerprint density at radius 1 is 1.19 bits per heavy atom. The van der Waals surface area contributed by atoms with Gasteiger partial charge in [-0.1, -0.05) is 18.2 Å². The fourth-order valence-electron chi connectivity index (χ4n) is 1.53. The van der Waals surface area contributed by atoms with Gasteiger partial charge in [0.1, 0.15) is 5.60 Å². The van der Waals surface area contributed by atoms with Gasteiger partial charge in [0.05, 0.1) is 0 Å². The maximum Gasteiger partial charge on any atom is 0.290 e. The van der Waals surface area contributed by atoms with Crippen LogP contribution in [-0.4, -0.2) is 10.6 Å². The van der Waals surface area contributed by atoms with Crippen molar-refractivity contribution in [1.29, 1.82) is 0 Å². The molecule has 0 spiro atoms. The summed E-state index contributed by atoms with van der Waals surface area (Å²) in [7, 11) is 0. The maximum absolute atomic E-state index is 11.7. The molecule has 0 aliphatic rings. The molecule has 0 atom stereocenters. The molecule has 84 valence electrons. The number of H-pyrrole nitrogens is 1. The van der Waals surface area contributed by atoms with Crippen molar-refractivity contribution in [2.45, 2.75) is 26.4 Å². The molecule has 0 amide bonds. The molecule has 0 bridgehead atoms. The van der Waals surface area contributed by atoms with Crippen LogP contribution in [0.1, 0.15) is 20.8 Å². The van der Waals surface area contributed by atoms with Crippen LogP contribution in [0.3, 0.4) is 0 Å². The van der Waals surface area contributed by atoms with Crippen LogP contribution >= 0.6 is 0 Å². The Balaban J connectivity index is 2.55. The third kappa shape index (κ3) is 2.24. The molecule has 1 aromatic heterocycles. The number of ether oxygens (including phenoxy) is 1. The van der Waals surface area contributed by atoms with E-state index in [2.05, 4.69) is 4.98 Å². The average molecular weight is 217 g/mol. The summed E-state index contributed by atoms with van der Waals surface area (Å²) < 4.78 is 5.60. The number of hydrogen-bond donors (Lipinski definition) is 1. The molecule has 0 aliphatic carbocycles. The summed E-state index contributed by atoms with van der Waals surface area (Å²) in [6.45, 7) is 5.75. The lowest BCUT2D eigenvalue weighted by Crippen LogP contribution is -2.26. The number of benzene rings is 1. The molecule has 0 radical (unpaired) electrons. The van der Waals surface area contributed by atoms with Gasteiger partial charge in [-0.05, 0) is 32.9 Å². The first-order valence-electron chi connectivity index (χ1n) is 5.27. The fraction of sp³-hybridized carbons (Fsp3) is 0.308. The van der Waals surface area contributed by atoms with Crippen molar-refractivity contribution in [3.05, 3.63) is 40.7 Å². The highest BCUT2D eigenvalue weighted by atomic mass is 16.5. The first-order valence-corrected chi connectivity index (χ1v) is 5.27. The van der Waals surface area contributed by atoms with Crippen LogP contribution in [0.2, 0.25) is 0 Å². The number of nitrogens with one attached hydrogen (secondary N) is 1. The first kappa shape index (κ1) is 10.7. The lowest BCUT2D eigenvalue weighted by atomic mass is 10.2. The van der Waals surface area contributed by atoms with Gasteiger partial charge in [-0.2, -0.15) is 0 Å². The van der Waals surface area contributed by atoms with Gasteiger partial charge in [-0.3, -0.25) is 4.79 Å². The van der Waals surface area contributed by atoms with E-state index in [4.69, 9.17) is 4.74 Å². The predicted octanol–water partition coefficient (Wildman–Crippen LogP) is 2.71. The SMILES string of the molecule is CC(C)(C)Oc1cc2ccccc2[nH]c1=O. The molecule has 1 N–H and O–H groups in total. The monoisotopic (exact) mass is 217 g/mol. The van der Waals surface area contributed by atoms with Crippen LogP contribution in [0.4, 0.5) is 0 Å². The van der Waals surface area contributed by atoms with Crippen molar-refractivity contribution in [1.82, 2.24) is 4.98 Å². The zero-order valence-electron chi connectivity index (χ0n) is 9.70. The van der Waals surface area contributed by atoms with E-state index in [1.807, 2.05) is 45.0 Å². The molecular formula is C13H15NO2. The Kier molecular flexibility index (Phi) is 2.46. The number of hydrogen-bond acceptors (Lipinski definition) is 2. The van der Waals surface area contributed by atoms with Crippen molar-refractivity contribution in [2.24, 2.45) is 0 Å². The minimum atomic E-state index is -0.366. The molecule has 1 aromatic carbocycles. The van der Waals surface area contributed by atoms with Gasteiger partial charge in [-0.15, -0.1) is 0 Å². The second-order valence-electron chi connectivity index (χ2n) is 4.76. The number of pyridine rings is 1. The van der Waals surface area contributed by atoms with Crippen molar-refractivity contribution in [2.75, 3.05) is 0 Å². The van der Waals surface area contributed by atoms with E-state index in [-0.39, 0.29) is 11.2 Å². The highest BCUT2D eigenvalue weighted by molar-refractivity contribution is 5.79. The van der Waals surface area contributed by atoms with Crippen LogP contribution in [-0.2, 0) is 0 Å². The van der Waals surface area contributed by atoms with Crippen molar-refractivity contribution < 1.29 is 4.74 Å². The van der Waals surface area contributed by atoms with Crippen LogP contribution in [0.25, 0.3) is 10.9 Å². The van der Waals surface area contributed by atoms with Crippen LogP contribution in [0.5, 0.6) is 5.75 Å². The zero-order valence-corrected chi connectivity index (χ0v) is 9.70. The minimum Gasteiger partial charge on any atom is -0.482 e. The Labute approximate surface area is 94.1 Å². The summed E-state index contributed by atoms with van der Waals surface area (Å²) in [6, 6.07) is 9.42. The van der Waals surface area contributed by atoms with Crippen molar-refractivity contribution in [3.63, 3.8) is 0 Å². The van der Waals surface area contributed by atoms with Gasteiger partial charge < -0.3 is 9.72 Å². The van der Waals surface area contributed by atoms with Gasteiger partial charge in [-0.25, -0.2) is 0 Å². The van der Waals surface area contributed by atoms with Gasteiger partial charge in [0.2, 0.25) is 0 Å². The van der Waals surface area contributed by atoms with Crippen molar-refractivity contribution >= 4 is 10.9 Å². The van der Waals surface area contributed by atoms with E-state index in [1.54, 1.807) is 6.07 Å². The summed E-state index contributed by atoms with van der Waals surface area (Å²) in [5.74, 6) is 0.367. The number of para-hydroxylation sites is 1. The molecule has 1 heterocycles. The summed E-state index contributed by atoms with van der Waals surface area (Å²) in [4.78, 5) is 14.5. The zero-order chi connectivity index (χ0) is 11.8. The van der Waals surface area contributed by atoms with Crippen molar-refractivity contribution in [3.8, 4) is 5.75 Å². The normalized spacial score (nSPS) is 11.7. The number of aromatic amines is 1. The lowest BCUT2D eigenvalue weighted by molar-refractivity contribution is 0.129. The Hall–Kier alpha value is -1.77. The van der Waals surface area contributed by atoms with E-state index >= 15 is 0 Å². The number of rotatable bonds is 1. The van der Waals surface area contributed by atoms with Gasteiger partial charge in [0.25, 0.3) is 5.56 Å². The summed E-state index contributed by atoms with van der Waals surface area (Å²) in [6.07, 6.45) is 0. The Morgan fingerprint density at radius 3 is 2.56 bits per heavy atom. The molecule has 0 saturated heterocycles. The summed E-state index contributed by atoms with van der Waals surface area (Å²) >= 11 is 0. The second kappa shape index (κ2) is 3.67. The van der Waals surface area contributed by atoms with E-state index in [9.17, 15) is 4.79 Å². The third-order valence-corrected chi connectivity index (χ3v) is 2.14. The molecule has 3 nitrogen and oxygen atoms in total. The molecule has 0 aliphatic heterocycles. The molecule has 2 rings (SSSR count). The number of aromatic nitrogens is 1. The standard InChI is InChI=1S/C13H15NO2/c1-13(2,3)16-11-8-9-6-4-5-7-10(9)14-12(11)15/h4-8H,1-3H3,(H,14,15). The molecule has 0 fully saturated rings. The van der Waals surface area contributed by atoms with E-state index < -0.39 is 0 Å². The molecule has 16 heavy (non-hydrogen) atoms. The smallest absolute Gasteiger partial charge is 0.290 e. The highest BCUT2D eigenvalue weighted by Gasteiger charge is 2.14. The molecular weight excluding hydrogens is 202 g/mol.